The zero-order valence-electron chi connectivity index (χ0n) is 42.3. The van der Waals surface area contributed by atoms with Gasteiger partial charge in [-0.2, -0.15) is 0 Å². The Morgan fingerprint density at radius 2 is 0.877 bits per heavy atom. The second-order valence-electron chi connectivity index (χ2n) is 19.4. The lowest BCUT2D eigenvalue weighted by Gasteiger charge is -2.40. The van der Waals surface area contributed by atoms with Gasteiger partial charge in [-0.05, 0) is 44.9 Å². The molecule has 0 saturated carbocycles. The molecule has 0 aromatic heterocycles. The number of amides is 1. The minimum Gasteiger partial charge on any atom is -0.394 e. The Hall–Kier alpha value is -1.59. The maximum Gasteiger partial charge on any atom is 0.220 e. The number of hydrogen-bond donors (Lipinski definition) is 6. The molecule has 382 valence electrons. The third-order valence-electron chi connectivity index (χ3n) is 13.2. The van der Waals surface area contributed by atoms with Crippen LogP contribution in [0, 0.1) is 0 Å². The molecule has 7 atom stereocenters. The maximum absolute atomic E-state index is 13.0. The number of allylic oxidation sites excluding steroid dienone is 5. The number of aliphatic hydroxyl groups is 5. The van der Waals surface area contributed by atoms with E-state index < -0.39 is 49.5 Å². The first-order valence-electron chi connectivity index (χ1n) is 27.7. The van der Waals surface area contributed by atoms with E-state index in [2.05, 4.69) is 43.5 Å². The van der Waals surface area contributed by atoms with Gasteiger partial charge in [-0.25, -0.2) is 0 Å². The Balaban J connectivity index is 2.28. The van der Waals surface area contributed by atoms with Crippen LogP contribution in [0.2, 0.25) is 0 Å². The summed E-state index contributed by atoms with van der Waals surface area (Å²) in [7, 11) is 0. The van der Waals surface area contributed by atoms with E-state index in [0.717, 1.165) is 44.9 Å². The number of nitrogens with one attached hydrogen (secondary N) is 1. The van der Waals surface area contributed by atoms with E-state index in [-0.39, 0.29) is 12.5 Å². The predicted molar refractivity (Wildman–Crippen MR) is 272 cm³/mol. The van der Waals surface area contributed by atoms with E-state index in [1.165, 1.54) is 193 Å². The molecule has 0 spiro atoms. The van der Waals surface area contributed by atoms with Crippen LogP contribution in [0.4, 0.5) is 0 Å². The average Bonchev–Trinajstić information content (AvgIpc) is 3.31. The summed E-state index contributed by atoms with van der Waals surface area (Å²) in [6, 6.07) is -0.825. The number of rotatable bonds is 47. The summed E-state index contributed by atoms with van der Waals surface area (Å²) in [4.78, 5) is 13.0. The van der Waals surface area contributed by atoms with Gasteiger partial charge in [-0.15, -0.1) is 0 Å². The van der Waals surface area contributed by atoms with Crippen molar-refractivity contribution < 1.29 is 39.8 Å². The van der Waals surface area contributed by atoms with Crippen molar-refractivity contribution in [2.45, 2.75) is 301 Å². The molecule has 1 fully saturated rings. The van der Waals surface area contributed by atoms with Gasteiger partial charge in [0, 0.05) is 6.42 Å². The summed E-state index contributed by atoms with van der Waals surface area (Å²) in [6.45, 7) is 3.78. The topological polar surface area (TPSA) is 149 Å². The molecule has 6 N–H and O–H groups in total. The Bertz CT molecular complexity index is 1110. The predicted octanol–water partition coefficient (Wildman–Crippen LogP) is 13.2. The first-order valence-corrected chi connectivity index (χ1v) is 27.7. The Labute approximate surface area is 400 Å². The zero-order valence-corrected chi connectivity index (χ0v) is 42.3. The normalized spacial score (nSPS) is 20.1. The van der Waals surface area contributed by atoms with E-state index in [1.807, 2.05) is 6.08 Å². The highest BCUT2D eigenvalue weighted by Crippen LogP contribution is 2.23. The van der Waals surface area contributed by atoms with Gasteiger partial charge in [0.1, 0.15) is 24.4 Å². The van der Waals surface area contributed by atoms with E-state index in [0.29, 0.717) is 6.42 Å². The molecule has 1 amide bonds. The van der Waals surface area contributed by atoms with Crippen LogP contribution in [0.5, 0.6) is 0 Å². The molecule has 1 rings (SSSR count). The number of carbonyl (C=O) groups excluding carboxylic acids is 1. The smallest absolute Gasteiger partial charge is 0.220 e. The Morgan fingerprint density at radius 1 is 0.508 bits per heavy atom. The summed E-state index contributed by atoms with van der Waals surface area (Å²) in [5.41, 5.74) is 0. The molecule has 1 heterocycles. The summed E-state index contributed by atoms with van der Waals surface area (Å²) in [5.74, 6) is -0.187. The molecule has 0 aromatic rings. The van der Waals surface area contributed by atoms with Gasteiger partial charge in [-0.1, -0.05) is 243 Å². The minimum absolute atomic E-state index is 0.187. The largest absolute Gasteiger partial charge is 0.394 e. The molecule has 1 aliphatic heterocycles. The number of hydrogen-bond acceptors (Lipinski definition) is 8. The fourth-order valence-electron chi connectivity index (χ4n) is 8.78. The summed E-state index contributed by atoms with van der Waals surface area (Å²) >= 11 is 0. The SMILES string of the molecule is CCCCCCCCCCCC/C=C/CC/C=C/CC/C=C/C(O)C(COC1OC(CO)C(O)C(O)C1O)NC(=O)CCCCCCCCCCCCCCCCCCCCCCCC. The lowest BCUT2D eigenvalue weighted by Crippen LogP contribution is -2.60. The molecule has 1 saturated heterocycles. The molecular formula is C56H105NO8. The highest BCUT2D eigenvalue weighted by molar-refractivity contribution is 5.76. The number of aliphatic hydroxyl groups excluding tert-OH is 5. The first kappa shape index (κ1) is 61.4. The minimum atomic E-state index is -1.57. The van der Waals surface area contributed by atoms with Crippen LogP contribution < -0.4 is 5.32 Å². The number of ether oxygens (including phenoxy) is 2. The molecule has 0 aliphatic carbocycles. The first-order chi connectivity index (χ1) is 31.8. The van der Waals surface area contributed by atoms with Gasteiger partial charge in [-0.3, -0.25) is 4.79 Å². The van der Waals surface area contributed by atoms with Crippen LogP contribution in [-0.2, 0) is 14.3 Å². The third-order valence-corrected chi connectivity index (χ3v) is 13.2. The van der Waals surface area contributed by atoms with Gasteiger partial charge in [0.05, 0.1) is 25.4 Å². The molecule has 1 aliphatic rings. The summed E-state index contributed by atoms with van der Waals surface area (Å²) in [5, 5.41) is 54.4. The number of carbonyl (C=O) groups is 1. The van der Waals surface area contributed by atoms with Crippen molar-refractivity contribution in [3.05, 3.63) is 36.5 Å². The molecular weight excluding hydrogens is 815 g/mol. The Kier molecular flexibility index (Phi) is 43.6. The molecule has 9 heteroatoms. The molecule has 7 unspecified atom stereocenters. The van der Waals surface area contributed by atoms with Gasteiger partial charge in [0.25, 0.3) is 0 Å². The van der Waals surface area contributed by atoms with Gasteiger partial charge in [0.2, 0.25) is 5.91 Å². The molecule has 0 bridgehead atoms. The van der Waals surface area contributed by atoms with Crippen LogP contribution in [0.1, 0.15) is 258 Å². The molecule has 0 aromatic carbocycles. The molecule has 9 nitrogen and oxygen atoms in total. The van der Waals surface area contributed by atoms with Crippen molar-refractivity contribution >= 4 is 5.91 Å². The van der Waals surface area contributed by atoms with Crippen molar-refractivity contribution in [1.29, 1.82) is 0 Å². The van der Waals surface area contributed by atoms with Crippen LogP contribution in [-0.4, -0.2) is 87.5 Å². The lowest BCUT2D eigenvalue weighted by molar-refractivity contribution is -0.302. The average molecular weight is 920 g/mol. The maximum atomic E-state index is 13.0. The van der Waals surface area contributed by atoms with Crippen molar-refractivity contribution in [1.82, 2.24) is 5.32 Å². The molecule has 0 radical (unpaired) electrons. The second-order valence-corrected chi connectivity index (χ2v) is 19.4. The van der Waals surface area contributed by atoms with E-state index in [9.17, 15) is 30.3 Å². The van der Waals surface area contributed by atoms with Crippen molar-refractivity contribution in [3.63, 3.8) is 0 Å². The van der Waals surface area contributed by atoms with Crippen molar-refractivity contribution in [2.24, 2.45) is 0 Å². The second kappa shape index (κ2) is 46.2. The van der Waals surface area contributed by atoms with Gasteiger partial charge in [0.15, 0.2) is 6.29 Å². The zero-order chi connectivity index (χ0) is 47.3. The molecule has 65 heavy (non-hydrogen) atoms. The van der Waals surface area contributed by atoms with Crippen molar-refractivity contribution in [3.8, 4) is 0 Å². The van der Waals surface area contributed by atoms with Gasteiger partial charge < -0.3 is 40.3 Å². The fourth-order valence-corrected chi connectivity index (χ4v) is 8.78. The van der Waals surface area contributed by atoms with Crippen molar-refractivity contribution in [2.75, 3.05) is 13.2 Å². The fraction of sp³-hybridized carbons (Fsp3) is 0.875. The van der Waals surface area contributed by atoms with E-state index in [4.69, 9.17) is 9.47 Å². The van der Waals surface area contributed by atoms with Gasteiger partial charge >= 0.3 is 0 Å². The standard InChI is InChI=1S/C56H105NO8/c1-3-5-7-9-11-13-15-17-19-21-23-25-26-28-30-32-34-36-38-40-42-44-46-52(60)57-49(48-64-56-55(63)54(62)53(61)51(47-58)65-56)50(59)45-43-41-39-37-35-33-31-29-27-24-22-20-18-16-14-12-10-8-6-4-2/h27,29,35,37,43,45,49-51,53-56,58-59,61-63H,3-26,28,30-34,36,38-42,44,46-48H2,1-2H3,(H,57,60)/b29-27+,37-35+,45-43+. The quantitative estimate of drug-likeness (QED) is 0.0261. The lowest BCUT2D eigenvalue weighted by atomic mass is 9.99. The van der Waals surface area contributed by atoms with Crippen LogP contribution >= 0.6 is 0 Å². The van der Waals surface area contributed by atoms with Crippen LogP contribution in [0.15, 0.2) is 36.5 Å². The summed E-state index contributed by atoms with van der Waals surface area (Å²) in [6.07, 6.45) is 52.0. The Morgan fingerprint density at radius 3 is 1.29 bits per heavy atom. The van der Waals surface area contributed by atoms with Crippen LogP contribution in [0.3, 0.4) is 0 Å². The third kappa shape index (κ3) is 36.1. The number of unbranched alkanes of at least 4 members (excludes halogenated alkanes) is 33. The van der Waals surface area contributed by atoms with E-state index in [1.54, 1.807) is 6.08 Å². The van der Waals surface area contributed by atoms with E-state index >= 15 is 0 Å². The summed E-state index contributed by atoms with van der Waals surface area (Å²) < 4.78 is 11.2. The highest BCUT2D eigenvalue weighted by atomic mass is 16.7. The van der Waals surface area contributed by atoms with Crippen LogP contribution in [0.25, 0.3) is 0 Å². The highest BCUT2D eigenvalue weighted by Gasteiger charge is 2.44. The monoisotopic (exact) mass is 920 g/mol.